The second-order valence-electron chi connectivity index (χ2n) is 5.52. The Morgan fingerprint density at radius 1 is 1.48 bits per heavy atom. The van der Waals surface area contributed by atoms with E-state index in [0.717, 1.165) is 10.4 Å². The van der Waals surface area contributed by atoms with Gasteiger partial charge in [0.1, 0.15) is 10.6 Å². The molecule has 2 rings (SSSR count). The molecule has 0 unspecified atom stereocenters. The molecule has 0 bridgehead atoms. The number of anilines is 1. The van der Waals surface area contributed by atoms with Crippen LogP contribution in [0.3, 0.4) is 0 Å². The van der Waals surface area contributed by atoms with Gasteiger partial charge in [0, 0.05) is 18.0 Å². The largest absolute Gasteiger partial charge is 0.444 e. The molecule has 1 amide bonds. The number of benzene rings is 1. The lowest BCUT2D eigenvalue weighted by Gasteiger charge is -2.19. The number of nitrogens with two attached hydrogens (primary N) is 1. The van der Waals surface area contributed by atoms with Gasteiger partial charge in [-0.1, -0.05) is 5.16 Å². The van der Waals surface area contributed by atoms with Gasteiger partial charge < -0.3 is 20.3 Å². The van der Waals surface area contributed by atoms with Gasteiger partial charge in [0.05, 0.1) is 5.39 Å². The highest BCUT2D eigenvalue weighted by Crippen LogP contribution is 2.28. The van der Waals surface area contributed by atoms with Gasteiger partial charge in [-0.3, -0.25) is 0 Å². The number of fused-ring (bicyclic) bond motifs is 1. The van der Waals surface area contributed by atoms with E-state index in [1.807, 2.05) is 26.8 Å². The summed E-state index contributed by atoms with van der Waals surface area (Å²) in [5, 5.41) is 8.35. The maximum atomic E-state index is 11.5. The van der Waals surface area contributed by atoms with E-state index in [9.17, 15) is 4.79 Å². The molecule has 0 fully saturated rings. The SMILES string of the molecule is CC(C)(C)OC(=O)NCCSc1noc2ccc(N)cc12. The van der Waals surface area contributed by atoms with Crippen LogP contribution in [0, 0.1) is 0 Å². The van der Waals surface area contributed by atoms with Crippen LogP contribution in [0.4, 0.5) is 10.5 Å². The summed E-state index contributed by atoms with van der Waals surface area (Å²) in [6, 6.07) is 5.39. The first-order chi connectivity index (χ1) is 9.85. The summed E-state index contributed by atoms with van der Waals surface area (Å²) in [6.07, 6.45) is -0.419. The highest BCUT2D eigenvalue weighted by molar-refractivity contribution is 7.99. The van der Waals surface area contributed by atoms with E-state index in [4.69, 9.17) is 15.0 Å². The number of aromatic nitrogens is 1. The average Bonchev–Trinajstić information content (AvgIpc) is 2.75. The van der Waals surface area contributed by atoms with Crippen molar-refractivity contribution >= 4 is 34.5 Å². The van der Waals surface area contributed by atoms with Gasteiger partial charge in [0.15, 0.2) is 5.58 Å². The Morgan fingerprint density at radius 3 is 2.95 bits per heavy atom. The quantitative estimate of drug-likeness (QED) is 0.512. The number of nitrogen functional groups attached to an aromatic ring is 1. The minimum Gasteiger partial charge on any atom is -0.444 e. The minimum absolute atomic E-state index is 0.419. The number of carbonyl (C=O) groups is 1. The molecule has 6 nitrogen and oxygen atoms in total. The molecule has 0 saturated heterocycles. The molecule has 0 aliphatic carbocycles. The average molecular weight is 309 g/mol. The van der Waals surface area contributed by atoms with Crippen LogP contribution in [-0.2, 0) is 4.74 Å². The van der Waals surface area contributed by atoms with E-state index in [2.05, 4.69) is 10.5 Å². The van der Waals surface area contributed by atoms with E-state index in [-0.39, 0.29) is 0 Å². The van der Waals surface area contributed by atoms with Crippen molar-refractivity contribution in [3.8, 4) is 0 Å². The number of hydrogen-bond acceptors (Lipinski definition) is 6. The zero-order valence-corrected chi connectivity index (χ0v) is 13.1. The van der Waals surface area contributed by atoms with Crippen molar-refractivity contribution in [3.05, 3.63) is 18.2 Å². The first-order valence-electron chi connectivity index (χ1n) is 6.60. The van der Waals surface area contributed by atoms with Crippen molar-refractivity contribution in [1.82, 2.24) is 10.5 Å². The summed E-state index contributed by atoms with van der Waals surface area (Å²) in [7, 11) is 0. The summed E-state index contributed by atoms with van der Waals surface area (Å²) in [5.41, 5.74) is 6.63. The van der Waals surface area contributed by atoms with Gasteiger partial charge in [0.2, 0.25) is 0 Å². The van der Waals surface area contributed by atoms with Gasteiger partial charge >= 0.3 is 6.09 Å². The third kappa shape index (κ3) is 4.56. The second-order valence-corrected chi connectivity index (χ2v) is 6.60. The molecule has 1 heterocycles. The molecule has 7 heteroatoms. The predicted molar refractivity (Wildman–Crippen MR) is 83.4 cm³/mol. The van der Waals surface area contributed by atoms with Crippen LogP contribution in [0.2, 0.25) is 0 Å². The lowest BCUT2D eigenvalue weighted by Crippen LogP contribution is -2.33. The van der Waals surface area contributed by atoms with E-state index < -0.39 is 11.7 Å². The fourth-order valence-electron chi connectivity index (χ4n) is 1.65. The van der Waals surface area contributed by atoms with Crippen LogP contribution in [0.5, 0.6) is 0 Å². The molecule has 0 spiro atoms. The maximum Gasteiger partial charge on any atom is 0.407 e. The Balaban J connectivity index is 1.83. The molecule has 21 heavy (non-hydrogen) atoms. The van der Waals surface area contributed by atoms with Gasteiger partial charge in [-0.2, -0.15) is 0 Å². The summed E-state index contributed by atoms with van der Waals surface area (Å²) in [6.45, 7) is 5.96. The number of nitrogens with one attached hydrogen (secondary N) is 1. The number of thioether (sulfide) groups is 1. The van der Waals surface area contributed by atoms with E-state index >= 15 is 0 Å². The van der Waals surface area contributed by atoms with Crippen LogP contribution < -0.4 is 11.1 Å². The van der Waals surface area contributed by atoms with Crippen molar-refractivity contribution in [3.63, 3.8) is 0 Å². The number of alkyl carbamates (subject to hydrolysis) is 1. The summed E-state index contributed by atoms with van der Waals surface area (Å²) >= 11 is 1.49. The van der Waals surface area contributed by atoms with Crippen LogP contribution in [-0.4, -0.2) is 29.1 Å². The molecular weight excluding hydrogens is 290 g/mol. The van der Waals surface area contributed by atoms with Crippen molar-refractivity contribution < 1.29 is 14.1 Å². The van der Waals surface area contributed by atoms with Crippen LogP contribution in [0.25, 0.3) is 11.0 Å². The lowest BCUT2D eigenvalue weighted by atomic mass is 10.2. The second kappa shape index (κ2) is 6.26. The first-order valence-corrected chi connectivity index (χ1v) is 7.58. The fraction of sp³-hybridized carbons (Fsp3) is 0.429. The molecule has 0 aliphatic rings. The Kier molecular flexibility index (Phi) is 4.62. The molecule has 2 aromatic rings. The standard InChI is InChI=1S/C14H19N3O3S/c1-14(2,3)19-13(18)16-6-7-21-12-10-8-9(15)4-5-11(10)20-17-12/h4-5,8H,6-7,15H2,1-3H3,(H,16,18). The van der Waals surface area contributed by atoms with Gasteiger partial charge in [-0.15, -0.1) is 11.8 Å². The Hall–Kier alpha value is -1.89. The smallest absolute Gasteiger partial charge is 0.407 e. The number of nitrogens with zero attached hydrogens (tertiary/aromatic N) is 1. The monoisotopic (exact) mass is 309 g/mol. The number of rotatable bonds is 4. The molecule has 1 aromatic carbocycles. The fourth-order valence-corrected chi connectivity index (χ4v) is 2.46. The number of carbonyl (C=O) groups excluding carboxylic acids is 1. The number of ether oxygens (including phenoxy) is 1. The lowest BCUT2D eigenvalue weighted by molar-refractivity contribution is 0.0531. The Morgan fingerprint density at radius 2 is 2.24 bits per heavy atom. The number of hydrogen-bond donors (Lipinski definition) is 2. The van der Waals surface area contributed by atoms with Crippen molar-refractivity contribution in [2.24, 2.45) is 0 Å². The van der Waals surface area contributed by atoms with Gasteiger partial charge in [-0.05, 0) is 39.0 Å². The third-order valence-electron chi connectivity index (χ3n) is 2.47. The Bertz CT molecular complexity index is 634. The van der Waals surface area contributed by atoms with Crippen LogP contribution >= 0.6 is 11.8 Å². The highest BCUT2D eigenvalue weighted by atomic mass is 32.2. The minimum atomic E-state index is -0.489. The molecule has 114 valence electrons. The third-order valence-corrected chi connectivity index (χ3v) is 3.45. The first kappa shape index (κ1) is 15.5. The molecule has 3 N–H and O–H groups in total. The Labute approximate surface area is 127 Å². The van der Waals surface area contributed by atoms with E-state index in [1.54, 1.807) is 12.1 Å². The summed E-state index contributed by atoms with van der Waals surface area (Å²) < 4.78 is 10.4. The zero-order valence-electron chi connectivity index (χ0n) is 12.3. The van der Waals surface area contributed by atoms with Crippen molar-refractivity contribution in [1.29, 1.82) is 0 Å². The molecule has 0 saturated carbocycles. The highest BCUT2D eigenvalue weighted by Gasteiger charge is 2.15. The summed E-state index contributed by atoms with van der Waals surface area (Å²) in [4.78, 5) is 11.5. The molecular formula is C14H19N3O3S. The van der Waals surface area contributed by atoms with E-state index in [1.165, 1.54) is 11.8 Å². The zero-order chi connectivity index (χ0) is 15.5. The molecule has 0 atom stereocenters. The normalized spacial score (nSPS) is 11.6. The van der Waals surface area contributed by atoms with Crippen LogP contribution in [0.15, 0.2) is 27.7 Å². The topological polar surface area (TPSA) is 90.4 Å². The number of amides is 1. The molecule has 0 aliphatic heterocycles. The maximum absolute atomic E-state index is 11.5. The summed E-state index contributed by atoms with van der Waals surface area (Å²) in [5.74, 6) is 0.662. The van der Waals surface area contributed by atoms with Gasteiger partial charge in [-0.25, -0.2) is 4.79 Å². The van der Waals surface area contributed by atoms with Crippen molar-refractivity contribution in [2.75, 3.05) is 18.0 Å². The van der Waals surface area contributed by atoms with Gasteiger partial charge in [0.25, 0.3) is 0 Å². The van der Waals surface area contributed by atoms with E-state index in [0.29, 0.717) is 23.6 Å². The predicted octanol–water partition coefficient (Wildman–Crippen LogP) is 3.03. The molecule has 1 aromatic heterocycles. The van der Waals surface area contributed by atoms with Crippen molar-refractivity contribution in [2.45, 2.75) is 31.4 Å². The molecule has 0 radical (unpaired) electrons. The van der Waals surface area contributed by atoms with Crippen LogP contribution in [0.1, 0.15) is 20.8 Å².